The van der Waals surface area contributed by atoms with Crippen molar-refractivity contribution in [3.63, 3.8) is 0 Å². The Morgan fingerprint density at radius 1 is 1.15 bits per heavy atom. The van der Waals surface area contributed by atoms with Gasteiger partial charge in [-0.25, -0.2) is 0 Å². The average molecular weight is 198 g/mol. The van der Waals surface area contributed by atoms with E-state index in [0.717, 1.165) is 0 Å². The number of phenolic OH excluding ortho intramolecular Hbond substituents is 1. The predicted molar refractivity (Wildman–Crippen MR) is 54.6 cm³/mol. The minimum Gasteiger partial charge on any atom is -0.870 e. The molecule has 0 unspecified atom stereocenters. The maximum Gasteiger partial charge on any atom is 0.158 e. The van der Waals surface area contributed by atoms with Crippen LogP contribution in [0.1, 0.15) is 12.8 Å². The summed E-state index contributed by atoms with van der Waals surface area (Å²) in [6, 6.07) is 7.72. The third-order valence-electron chi connectivity index (χ3n) is 2.18. The standard InChI is InChI=1S/C10H12OS.H2O/c11-9-4-3-5-10(8-9)12-6-1-2-7-12;/h3-5,8H,1-2,6-7H2;1H2. The van der Waals surface area contributed by atoms with Gasteiger partial charge >= 0.3 is 0 Å². The Bertz CT molecular complexity index is 269. The molecule has 72 valence electrons. The Morgan fingerprint density at radius 2 is 1.85 bits per heavy atom. The van der Waals surface area contributed by atoms with Crippen molar-refractivity contribution in [3.8, 4) is 5.75 Å². The van der Waals surface area contributed by atoms with Crippen LogP contribution in [-0.2, 0) is 10.9 Å². The summed E-state index contributed by atoms with van der Waals surface area (Å²) in [5.41, 5.74) is 0. The summed E-state index contributed by atoms with van der Waals surface area (Å²) in [4.78, 5) is 1.34. The van der Waals surface area contributed by atoms with Crippen LogP contribution >= 0.6 is 0 Å². The van der Waals surface area contributed by atoms with Gasteiger partial charge in [-0.15, -0.1) is 0 Å². The van der Waals surface area contributed by atoms with Gasteiger partial charge in [0.15, 0.2) is 4.90 Å². The Balaban J connectivity index is 0.000000845. The topological polar surface area (TPSA) is 50.2 Å². The Kier molecular flexibility index (Phi) is 3.63. The molecule has 2 nitrogen and oxygen atoms in total. The van der Waals surface area contributed by atoms with E-state index in [1.807, 2.05) is 12.1 Å². The molecule has 1 heterocycles. The predicted octanol–water partition coefficient (Wildman–Crippen LogP) is 1.99. The fourth-order valence-electron chi connectivity index (χ4n) is 1.55. The maximum atomic E-state index is 9.28. The lowest BCUT2D eigenvalue weighted by Crippen LogP contribution is -2.02. The summed E-state index contributed by atoms with van der Waals surface area (Å²) in [5, 5.41) is 9.28. The molecule has 1 fully saturated rings. The second-order valence-corrected chi connectivity index (χ2v) is 5.38. The number of hydrogen-bond donors (Lipinski definition) is 1. The average Bonchev–Trinajstić information content (AvgIpc) is 2.56. The fourth-order valence-corrected chi connectivity index (χ4v) is 3.89. The van der Waals surface area contributed by atoms with Gasteiger partial charge in [-0.05, 0) is 25.0 Å². The normalized spacial score (nSPS) is 16.9. The van der Waals surface area contributed by atoms with E-state index >= 15 is 0 Å². The molecule has 0 spiro atoms. The van der Waals surface area contributed by atoms with Crippen molar-refractivity contribution >= 4 is 10.9 Å². The number of benzene rings is 1. The molecule has 0 amide bonds. The van der Waals surface area contributed by atoms with E-state index in [2.05, 4.69) is 6.07 Å². The minimum atomic E-state index is 0. The summed E-state index contributed by atoms with van der Waals surface area (Å²) in [5.74, 6) is 3.05. The summed E-state index contributed by atoms with van der Waals surface area (Å²) in [6.45, 7) is 0. The molecule has 1 saturated heterocycles. The van der Waals surface area contributed by atoms with Crippen LogP contribution in [0.4, 0.5) is 0 Å². The van der Waals surface area contributed by atoms with E-state index in [1.54, 1.807) is 6.07 Å². The fraction of sp³-hybridized carbons (Fsp3) is 0.400. The Hall–Kier alpha value is -0.670. The SMILES string of the molecule is Oc1cccc([S+]2CCCC2)c1.[OH-]. The van der Waals surface area contributed by atoms with Crippen molar-refractivity contribution in [1.82, 2.24) is 0 Å². The minimum absolute atomic E-state index is 0. The molecule has 1 aromatic rings. The van der Waals surface area contributed by atoms with Crippen LogP contribution in [-0.4, -0.2) is 22.1 Å². The third kappa shape index (κ3) is 2.39. The highest BCUT2D eigenvalue weighted by Gasteiger charge is 2.26. The zero-order valence-corrected chi connectivity index (χ0v) is 8.26. The van der Waals surface area contributed by atoms with Crippen molar-refractivity contribution in [2.45, 2.75) is 17.7 Å². The smallest absolute Gasteiger partial charge is 0.158 e. The third-order valence-corrected chi connectivity index (χ3v) is 4.67. The van der Waals surface area contributed by atoms with Crippen molar-refractivity contribution in [2.24, 2.45) is 0 Å². The molecular formula is C10H14O2S. The van der Waals surface area contributed by atoms with E-state index in [9.17, 15) is 5.11 Å². The molecule has 2 rings (SSSR count). The molecule has 13 heavy (non-hydrogen) atoms. The Morgan fingerprint density at radius 3 is 2.46 bits per heavy atom. The molecule has 0 saturated carbocycles. The first kappa shape index (κ1) is 10.4. The van der Waals surface area contributed by atoms with Gasteiger partial charge in [0.2, 0.25) is 0 Å². The molecule has 0 bridgehead atoms. The second-order valence-electron chi connectivity index (χ2n) is 3.11. The van der Waals surface area contributed by atoms with Gasteiger partial charge in [0, 0.05) is 17.0 Å². The van der Waals surface area contributed by atoms with Gasteiger partial charge in [-0.1, -0.05) is 6.07 Å². The van der Waals surface area contributed by atoms with E-state index in [4.69, 9.17) is 0 Å². The molecule has 1 aliphatic heterocycles. The van der Waals surface area contributed by atoms with Crippen LogP contribution in [0.2, 0.25) is 0 Å². The number of aromatic hydroxyl groups is 1. The largest absolute Gasteiger partial charge is 0.870 e. The van der Waals surface area contributed by atoms with Gasteiger partial charge in [-0.2, -0.15) is 0 Å². The summed E-state index contributed by atoms with van der Waals surface area (Å²) < 4.78 is 0. The van der Waals surface area contributed by atoms with Gasteiger partial charge in [0.25, 0.3) is 0 Å². The first-order chi connectivity index (χ1) is 5.86. The van der Waals surface area contributed by atoms with Gasteiger partial charge in [0.05, 0.1) is 0 Å². The highest BCUT2D eigenvalue weighted by molar-refractivity contribution is 7.97. The van der Waals surface area contributed by atoms with Crippen molar-refractivity contribution < 1.29 is 10.6 Å². The van der Waals surface area contributed by atoms with Crippen molar-refractivity contribution in [3.05, 3.63) is 24.3 Å². The molecule has 1 aliphatic rings. The summed E-state index contributed by atoms with van der Waals surface area (Å²) in [7, 11) is 0.439. The van der Waals surface area contributed by atoms with Gasteiger partial charge < -0.3 is 10.6 Å². The van der Waals surface area contributed by atoms with Gasteiger partial charge in [-0.3, -0.25) is 0 Å². The van der Waals surface area contributed by atoms with E-state index in [1.165, 1.54) is 29.2 Å². The molecule has 0 atom stereocenters. The molecule has 0 aromatic heterocycles. The zero-order chi connectivity index (χ0) is 8.39. The van der Waals surface area contributed by atoms with E-state index in [0.29, 0.717) is 16.6 Å². The lowest BCUT2D eigenvalue weighted by atomic mass is 10.3. The number of rotatable bonds is 1. The maximum absolute atomic E-state index is 9.28. The van der Waals surface area contributed by atoms with Gasteiger partial charge in [0.1, 0.15) is 17.3 Å². The molecule has 0 radical (unpaired) electrons. The lowest BCUT2D eigenvalue weighted by molar-refractivity contribution is 0.474. The molecular weight excluding hydrogens is 184 g/mol. The number of phenols is 1. The van der Waals surface area contributed by atoms with Crippen molar-refractivity contribution in [2.75, 3.05) is 11.5 Å². The van der Waals surface area contributed by atoms with Crippen molar-refractivity contribution in [1.29, 1.82) is 0 Å². The van der Waals surface area contributed by atoms with Crippen LogP contribution < -0.4 is 0 Å². The molecule has 3 heteroatoms. The monoisotopic (exact) mass is 198 g/mol. The molecule has 2 N–H and O–H groups in total. The van der Waals surface area contributed by atoms with Crippen LogP contribution in [0.25, 0.3) is 0 Å². The first-order valence-electron chi connectivity index (χ1n) is 4.33. The summed E-state index contributed by atoms with van der Waals surface area (Å²) in [6.07, 6.45) is 2.72. The summed E-state index contributed by atoms with van der Waals surface area (Å²) >= 11 is 0. The van der Waals surface area contributed by atoms with Crippen LogP contribution in [0.15, 0.2) is 29.2 Å². The van der Waals surface area contributed by atoms with Crippen LogP contribution in [0, 0.1) is 0 Å². The quantitative estimate of drug-likeness (QED) is 0.701. The highest BCUT2D eigenvalue weighted by Crippen LogP contribution is 2.25. The van der Waals surface area contributed by atoms with E-state index < -0.39 is 0 Å². The molecule has 0 aliphatic carbocycles. The highest BCUT2D eigenvalue weighted by atomic mass is 32.2. The van der Waals surface area contributed by atoms with Crippen LogP contribution in [0.3, 0.4) is 0 Å². The first-order valence-corrected chi connectivity index (χ1v) is 5.89. The molecule has 1 aromatic carbocycles. The lowest BCUT2D eigenvalue weighted by Gasteiger charge is -1.99. The van der Waals surface area contributed by atoms with E-state index in [-0.39, 0.29) is 5.48 Å². The zero-order valence-electron chi connectivity index (χ0n) is 7.44. The van der Waals surface area contributed by atoms with Crippen LogP contribution in [0.5, 0.6) is 5.75 Å². The number of hydrogen-bond acceptors (Lipinski definition) is 2. The Labute approximate surface area is 81.3 Å². The second kappa shape index (κ2) is 4.53.